The molecule has 0 aliphatic heterocycles. The van der Waals surface area contributed by atoms with Crippen LogP contribution in [0.3, 0.4) is 0 Å². The Morgan fingerprint density at radius 1 is 1.11 bits per heavy atom. The van der Waals surface area contributed by atoms with Gasteiger partial charge in [0.15, 0.2) is 0 Å². The highest BCUT2D eigenvalue weighted by atomic mass is 35.5. The Kier molecular flexibility index (Phi) is 3.82. The standard InChI is InChI=1S/C11H5Cl2F3N2O/c12-7-5-17-10(13)18-9(7)19-8-4-2-1-3-6(8)11(14,15)16/h1-5H. The minimum absolute atomic E-state index is 0.0404. The highest BCUT2D eigenvalue weighted by molar-refractivity contribution is 6.32. The quantitative estimate of drug-likeness (QED) is 0.761. The van der Waals surface area contributed by atoms with E-state index in [2.05, 4.69) is 9.97 Å². The smallest absolute Gasteiger partial charge is 0.419 e. The second-order valence-corrected chi connectivity index (χ2v) is 4.13. The molecule has 2 aromatic rings. The molecule has 19 heavy (non-hydrogen) atoms. The van der Waals surface area contributed by atoms with Crippen molar-refractivity contribution in [3.63, 3.8) is 0 Å². The Balaban J connectivity index is 2.41. The lowest BCUT2D eigenvalue weighted by Gasteiger charge is -2.13. The lowest BCUT2D eigenvalue weighted by Crippen LogP contribution is -2.07. The molecule has 0 unspecified atom stereocenters. The number of nitrogens with zero attached hydrogens (tertiary/aromatic N) is 2. The molecule has 1 heterocycles. The van der Waals surface area contributed by atoms with Gasteiger partial charge in [0, 0.05) is 0 Å². The molecule has 0 radical (unpaired) electrons. The molecule has 0 aliphatic rings. The number of alkyl halides is 3. The van der Waals surface area contributed by atoms with Crippen molar-refractivity contribution in [2.45, 2.75) is 6.18 Å². The van der Waals surface area contributed by atoms with Crippen molar-refractivity contribution in [1.29, 1.82) is 0 Å². The average Bonchev–Trinajstić information content (AvgIpc) is 2.33. The number of halogens is 5. The maximum atomic E-state index is 12.8. The molecule has 0 aliphatic carbocycles. The van der Waals surface area contributed by atoms with Crippen LogP contribution in [-0.4, -0.2) is 9.97 Å². The summed E-state index contributed by atoms with van der Waals surface area (Å²) in [5.41, 5.74) is -0.930. The highest BCUT2D eigenvalue weighted by Gasteiger charge is 2.34. The third-order valence-corrected chi connectivity index (χ3v) is 2.52. The lowest BCUT2D eigenvalue weighted by atomic mass is 10.2. The van der Waals surface area contributed by atoms with Crippen molar-refractivity contribution in [3.05, 3.63) is 46.3 Å². The Morgan fingerprint density at radius 3 is 2.47 bits per heavy atom. The van der Waals surface area contributed by atoms with E-state index < -0.39 is 17.5 Å². The van der Waals surface area contributed by atoms with Gasteiger partial charge in [0.05, 0.1) is 11.8 Å². The number of benzene rings is 1. The Labute approximate surface area is 116 Å². The summed E-state index contributed by atoms with van der Waals surface area (Å²) in [6.07, 6.45) is -3.40. The topological polar surface area (TPSA) is 35.0 Å². The minimum Gasteiger partial charge on any atom is -0.437 e. The summed E-state index contributed by atoms with van der Waals surface area (Å²) in [5.74, 6) is -0.648. The van der Waals surface area contributed by atoms with Crippen molar-refractivity contribution in [3.8, 4) is 11.6 Å². The van der Waals surface area contributed by atoms with Crippen molar-refractivity contribution in [2.24, 2.45) is 0 Å². The Bertz CT molecular complexity index is 605. The van der Waals surface area contributed by atoms with Crippen LogP contribution in [0.4, 0.5) is 13.2 Å². The average molecular weight is 309 g/mol. The maximum Gasteiger partial charge on any atom is 0.419 e. The molecule has 0 saturated heterocycles. The van der Waals surface area contributed by atoms with Gasteiger partial charge >= 0.3 is 6.18 Å². The van der Waals surface area contributed by atoms with Crippen LogP contribution in [0.2, 0.25) is 10.3 Å². The SMILES string of the molecule is FC(F)(F)c1ccccc1Oc1nc(Cl)ncc1Cl. The molecule has 2 rings (SSSR count). The molecular weight excluding hydrogens is 304 g/mol. The van der Waals surface area contributed by atoms with Crippen LogP contribution >= 0.6 is 23.2 Å². The molecule has 100 valence electrons. The Hall–Kier alpha value is -1.53. The van der Waals surface area contributed by atoms with Crippen molar-refractivity contribution >= 4 is 23.2 Å². The predicted octanol–water partition coefficient (Wildman–Crippen LogP) is 4.59. The molecule has 0 fully saturated rings. The zero-order chi connectivity index (χ0) is 14.0. The number of hydrogen-bond donors (Lipinski definition) is 0. The first-order chi connectivity index (χ1) is 8.88. The van der Waals surface area contributed by atoms with Gasteiger partial charge in [0.2, 0.25) is 11.2 Å². The van der Waals surface area contributed by atoms with Crippen molar-refractivity contribution < 1.29 is 17.9 Å². The molecular formula is C11H5Cl2F3N2O. The van der Waals surface area contributed by atoms with Gasteiger partial charge in [0.25, 0.3) is 0 Å². The predicted molar refractivity (Wildman–Crippen MR) is 63.6 cm³/mol. The van der Waals surface area contributed by atoms with Crippen LogP contribution in [0, 0.1) is 0 Å². The molecule has 1 aromatic heterocycles. The van der Waals surface area contributed by atoms with Crippen LogP contribution in [0.25, 0.3) is 0 Å². The monoisotopic (exact) mass is 308 g/mol. The molecule has 3 nitrogen and oxygen atoms in total. The first kappa shape index (κ1) is 13.9. The summed E-state index contributed by atoms with van der Waals surface area (Å²) in [6.45, 7) is 0. The van der Waals surface area contributed by atoms with Gasteiger partial charge in [-0.2, -0.15) is 18.2 Å². The van der Waals surface area contributed by atoms with Crippen molar-refractivity contribution in [1.82, 2.24) is 9.97 Å². The van der Waals surface area contributed by atoms with Crippen LogP contribution in [0.15, 0.2) is 30.5 Å². The van der Waals surface area contributed by atoms with E-state index in [9.17, 15) is 13.2 Å². The van der Waals surface area contributed by atoms with E-state index in [-0.39, 0.29) is 16.2 Å². The molecule has 0 amide bonds. The van der Waals surface area contributed by atoms with Crippen LogP contribution in [0.1, 0.15) is 5.56 Å². The molecule has 0 atom stereocenters. The van der Waals surface area contributed by atoms with Crippen LogP contribution < -0.4 is 4.74 Å². The normalized spacial score (nSPS) is 11.4. The van der Waals surface area contributed by atoms with E-state index in [0.29, 0.717) is 0 Å². The zero-order valence-corrected chi connectivity index (χ0v) is 10.6. The fourth-order valence-corrected chi connectivity index (χ4v) is 1.55. The van der Waals surface area contributed by atoms with Crippen LogP contribution in [0.5, 0.6) is 11.6 Å². The minimum atomic E-state index is -4.54. The zero-order valence-electron chi connectivity index (χ0n) is 9.08. The number of ether oxygens (including phenoxy) is 1. The summed E-state index contributed by atoms with van der Waals surface area (Å²) in [7, 11) is 0. The van der Waals surface area contributed by atoms with Gasteiger partial charge in [-0.3, -0.25) is 0 Å². The molecule has 1 aromatic carbocycles. The van der Waals surface area contributed by atoms with E-state index in [4.69, 9.17) is 27.9 Å². The number of rotatable bonds is 2. The fraction of sp³-hybridized carbons (Fsp3) is 0.0909. The Morgan fingerprint density at radius 2 is 1.79 bits per heavy atom. The largest absolute Gasteiger partial charge is 0.437 e. The van der Waals surface area contributed by atoms with Gasteiger partial charge < -0.3 is 4.74 Å². The molecule has 8 heteroatoms. The third-order valence-electron chi connectivity index (χ3n) is 2.08. The van der Waals surface area contributed by atoms with Gasteiger partial charge in [-0.25, -0.2) is 4.98 Å². The first-order valence-electron chi connectivity index (χ1n) is 4.90. The molecule has 0 spiro atoms. The van der Waals surface area contributed by atoms with E-state index in [0.717, 1.165) is 18.3 Å². The van der Waals surface area contributed by atoms with E-state index in [1.54, 1.807) is 0 Å². The number of hydrogen-bond acceptors (Lipinski definition) is 3. The molecule has 0 saturated carbocycles. The van der Waals surface area contributed by atoms with Crippen molar-refractivity contribution in [2.75, 3.05) is 0 Å². The van der Waals surface area contributed by atoms with Crippen LogP contribution in [-0.2, 0) is 6.18 Å². The van der Waals surface area contributed by atoms with Gasteiger partial charge in [-0.05, 0) is 23.7 Å². The summed E-state index contributed by atoms with van der Waals surface area (Å²) in [6, 6.07) is 4.72. The van der Waals surface area contributed by atoms with E-state index in [1.807, 2.05) is 0 Å². The summed E-state index contributed by atoms with van der Waals surface area (Å²) < 4.78 is 43.3. The number of aromatic nitrogens is 2. The number of para-hydroxylation sites is 1. The summed E-state index contributed by atoms with van der Waals surface area (Å²) in [5, 5.41) is -0.217. The maximum absolute atomic E-state index is 12.8. The first-order valence-corrected chi connectivity index (χ1v) is 5.65. The van der Waals surface area contributed by atoms with E-state index in [1.165, 1.54) is 12.1 Å². The molecule has 0 bridgehead atoms. The second-order valence-electron chi connectivity index (χ2n) is 3.39. The highest BCUT2D eigenvalue weighted by Crippen LogP contribution is 2.38. The second kappa shape index (κ2) is 5.22. The van der Waals surface area contributed by atoms with Gasteiger partial charge in [-0.1, -0.05) is 23.7 Å². The lowest BCUT2D eigenvalue weighted by molar-refractivity contribution is -0.138. The van der Waals surface area contributed by atoms with E-state index >= 15 is 0 Å². The molecule has 0 N–H and O–H groups in total. The summed E-state index contributed by atoms with van der Waals surface area (Å²) >= 11 is 11.3. The fourth-order valence-electron chi connectivity index (χ4n) is 1.30. The third kappa shape index (κ3) is 3.27. The van der Waals surface area contributed by atoms with Gasteiger partial charge in [-0.15, -0.1) is 0 Å². The summed E-state index contributed by atoms with van der Waals surface area (Å²) in [4.78, 5) is 7.20. The van der Waals surface area contributed by atoms with Gasteiger partial charge in [0.1, 0.15) is 10.8 Å².